The van der Waals surface area contributed by atoms with Gasteiger partial charge in [0.05, 0.1) is 29.2 Å². The fourth-order valence-corrected chi connectivity index (χ4v) is 2.70. The van der Waals surface area contributed by atoms with Crippen LogP contribution in [0.15, 0.2) is 18.2 Å². The zero-order valence-corrected chi connectivity index (χ0v) is 14.0. The quantitative estimate of drug-likeness (QED) is 0.787. The number of piperazine rings is 1. The molecule has 0 aliphatic carbocycles. The molecule has 0 saturated carbocycles. The smallest absolute Gasteiger partial charge is 0.320 e. The third kappa shape index (κ3) is 3.72. The highest BCUT2D eigenvalue weighted by molar-refractivity contribution is 6.42. The van der Waals surface area contributed by atoms with Crippen LogP contribution in [-0.4, -0.2) is 49.1 Å². The first kappa shape index (κ1) is 17.1. The Morgan fingerprint density at radius 1 is 1.32 bits per heavy atom. The number of carbonyl (C=O) groups excluding carboxylic acids is 2. The van der Waals surface area contributed by atoms with Gasteiger partial charge in [-0.3, -0.25) is 14.5 Å². The second-order valence-corrected chi connectivity index (χ2v) is 5.85. The molecule has 0 radical (unpaired) electrons. The molecule has 1 aromatic carbocycles. The first-order valence-electron chi connectivity index (χ1n) is 7.10. The van der Waals surface area contributed by atoms with Gasteiger partial charge in [0.25, 0.3) is 0 Å². The molecule has 2 rings (SSSR count). The standard InChI is InChI=1S/C15H18Cl2N2O3/c1-3-22-14(20)9-18-6-7-19(15(21)10(18)2)11-4-5-12(16)13(17)8-11/h4-5,8,10H,3,6-7,9H2,1-2H3. The fraction of sp³-hybridized carbons (Fsp3) is 0.467. The van der Waals surface area contributed by atoms with E-state index < -0.39 is 6.04 Å². The van der Waals surface area contributed by atoms with Crippen LogP contribution in [0.1, 0.15) is 13.8 Å². The maximum atomic E-state index is 12.5. The Labute approximate surface area is 139 Å². The maximum Gasteiger partial charge on any atom is 0.320 e. The van der Waals surface area contributed by atoms with E-state index in [1.165, 1.54) is 0 Å². The van der Waals surface area contributed by atoms with Gasteiger partial charge in [-0.1, -0.05) is 23.2 Å². The van der Waals surface area contributed by atoms with Crippen molar-refractivity contribution in [1.82, 2.24) is 4.90 Å². The second-order valence-electron chi connectivity index (χ2n) is 5.04. The summed E-state index contributed by atoms with van der Waals surface area (Å²) in [6.07, 6.45) is 0. The Hall–Kier alpha value is -1.30. The molecule has 1 unspecified atom stereocenters. The lowest BCUT2D eigenvalue weighted by atomic mass is 10.1. The minimum atomic E-state index is -0.396. The molecule has 1 heterocycles. The number of anilines is 1. The van der Waals surface area contributed by atoms with E-state index in [-0.39, 0.29) is 18.4 Å². The summed E-state index contributed by atoms with van der Waals surface area (Å²) < 4.78 is 4.93. The van der Waals surface area contributed by atoms with E-state index in [2.05, 4.69) is 0 Å². The van der Waals surface area contributed by atoms with Crippen LogP contribution < -0.4 is 4.90 Å². The van der Waals surface area contributed by atoms with Gasteiger partial charge < -0.3 is 9.64 Å². The first-order chi connectivity index (χ1) is 10.4. The average Bonchev–Trinajstić information content (AvgIpc) is 2.47. The Kier molecular flexibility index (Phi) is 5.67. The third-order valence-electron chi connectivity index (χ3n) is 3.63. The van der Waals surface area contributed by atoms with Crippen molar-refractivity contribution >= 4 is 40.8 Å². The summed E-state index contributed by atoms with van der Waals surface area (Å²) >= 11 is 11.9. The van der Waals surface area contributed by atoms with Crippen molar-refractivity contribution < 1.29 is 14.3 Å². The summed E-state index contributed by atoms with van der Waals surface area (Å²) in [5, 5.41) is 0.862. The van der Waals surface area contributed by atoms with Crippen LogP contribution in [-0.2, 0) is 14.3 Å². The number of carbonyl (C=O) groups is 2. The van der Waals surface area contributed by atoms with Crippen molar-refractivity contribution in [3.8, 4) is 0 Å². The Bertz CT molecular complexity index is 580. The van der Waals surface area contributed by atoms with E-state index in [0.29, 0.717) is 35.4 Å². The lowest BCUT2D eigenvalue weighted by Crippen LogP contribution is -2.57. The molecule has 1 aromatic rings. The van der Waals surface area contributed by atoms with Gasteiger partial charge in [0, 0.05) is 18.8 Å². The summed E-state index contributed by atoms with van der Waals surface area (Å²) in [4.78, 5) is 27.6. The van der Waals surface area contributed by atoms with Crippen LogP contribution in [0.3, 0.4) is 0 Å². The van der Waals surface area contributed by atoms with E-state index in [1.54, 1.807) is 36.9 Å². The van der Waals surface area contributed by atoms with Gasteiger partial charge in [0.2, 0.25) is 5.91 Å². The van der Waals surface area contributed by atoms with Crippen molar-refractivity contribution in [2.24, 2.45) is 0 Å². The molecular weight excluding hydrogens is 327 g/mol. The van der Waals surface area contributed by atoms with E-state index in [1.807, 2.05) is 4.90 Å². The number of hydrogen-bond donors (Lipinski definition) is 0. The van der Waals surface area contributed by atoms with Gasteiger partial charge in [0.1, 0.15) is 0 Å². The Morgan fingerprint density at radius 3 is 2.68 bits per heavy atom. The molecule has 0 spiro atoms. The number of halogens is 2. The minimum Gasteiger partial charge on any atom is -0.465 e. The topological polar surface area (TPSA) is 49.9 Å². The van der Waals surface area contributed by atoms with Crippen LogP contribution in [0.5, 0.6) is 0 Å². The third-order valence-corrected chi connectivity index (χ3v) is 4.37. The van der Waals surface area contributed by atoms with Gasteiger partial charge in [-0.2, -0.15) is 0 Å². The lowest BCUT2D eigenvalue weighted by molar-refractivity contribution is -0.145. The molecule has 7 heteroatoms. The zero-order valence-electron chi connectivity index (χ0n) is 12.5. The summed E-state index contributed by atoms with van der Waals surface area (Å²) in [6, 6.07) is 4.71. The Morgan fingerprint density at radius 2 is 2.05 bits per heavy atom. The number of rotatable bonds is 4. The lowest BCUT2D eigenvalue weighted by Gasteiger charge is -2.38. The summed E-state index contributed by atoms with van der Waals surface area (Å²) in [5.74, 6) is -0.390. The van der Waals surface area contributed by atoms with Crippen LogP contribution in [0.2, 0.25) is 10.0 Å². The molecule has 0 N–H and O–H groups in total. The van der Waals surface area contributed by atoms with Crippen molar-refractivity contribution in [2.75, 3.05) is 31.1 Å². The van der Waals surface area contributed by atoms with Gasteiger partial charge in [-0.05, 0) is 32.0 Å². The normalized spacial score (nSPS) is 19.4. The average molecular weight is 345 g/mol. The summed E-state index contributed by atoms with van der Waals surface area (Å²) in [7, 11) is 0. The molecule has 1 aliphatic heterocycles. The highest BCUT2D eigenvalue weighted by Gasteiger charge is 2.33. The molecular formula is C15H18Cl2N2O3. The zero-order chi connectivity index (χ0) is 16.3. The number of esters is 1. The Balaban J connectivity index is 2.08. The number of benzene rings is 1. The largest absolute Gasteiger partial charge is 0.465 e. The van der Waals surface area contributed by atoms with Crippen molar-refractivity contribution in [2.45, 2.75) is 19.9 Å². The predicted molar refractivity (Wildman–Crippen MR) is 86.5 cm³/mol. The van der Waals surface area contributed by atoms with Crippen molar-refractivity contribution in [3.05, 3.63) is 28.2 Å². The molecule has 1 amide bonds. The number of amides is 1. The highest BCUT2D eigenvalue weighted by Crippen LogP contribution is 2.28. The molecule has 1 saturated heterocycles. The van der Waals surface area contributed by atoms with Crippen LogP contribution in [0, 0.1) is 0 Å². The number of ether oxygens (including phenoxy) is 1. The maximum absolute atomic E-state index is 12.5. The monoisotopic (exact) mass is 344 g/mol. The minimum absolute atomic E-state index is 0.0751. The molecule has 1 aliphatic rings. The van der Waals surface area contributed by atoms with E-state index in [4.69, 9.17) is 27.9 Å². The van der Waals surface area contributed by atoms with E-state index in [9.17, 15) is 9.59 Å². The van der Waals surface area contributed by atoms with E-state index >= 15 is 0 Å². The van der Waals surface area contributed by atoms with Gasteiger partial charge >= 0.3 is 5.97 Å². The van der Waals surface area contributed by atoms with Gasteiger partial charge in [-0.15, -0.1) is 0 Å². The second kappa shape index (κ2) is 7.31. The number of hydrogen-bond acceptors (Lipinski definition) is 4. The fourth-order valence-electron chi connectivity index (χ4n) is 2.41. The van der Waals surface area contributed by atoms with E-state index in [0.717, 1.165) is 0 Å². The molecule has 0 aromatic heterocycles. The molecule has 5 nitrogen and oxygen atoms in total. The molecule has 0 bridgehead atoms. The summed E-state index contributed by atoms with van der Waals surface area (Å²) in [5.41, 5.74) is 0.710. The van der Waals surface area contributed by atoms with Crippen molar-refractivity contribution in [3.63, 3.8) is 0 Å². The summed E-state index contributed by atoms with van der Waals surface area (Å²) in [6.45, 7) is 5.08. The number of nitrogens with zero attached hydrogens (tertiary/aromatic N) is 2. The highest BCUT2D eigenvalue weighted by atomic mass is 35.5. The van der Waals surface area contributed by atoms with Crippen LogP contribution in [0.25, 0.3) is 0 Å². The first-order valence-corrected chi connectivity index (χ1v) is 7.85. The molecule has 1 fully saturated rings. The molecule has 22 heavy (non-hydrogen) atoms. The van der Waals surface area contributed by atoms with Gasteiger partial charge in [0.15, 0.2) is 0 Å². The van der Waals surface area contributed by atoms with Gasteiger partial charge in [-0.25, -0.2) is 0 Å². The molecule has 1 atom stereocenters. The van der Waals surface area contributed by atoms with Crippen LogP contribution in [0.4, 0.5) is 5.69 Å². The van der Waals surface area contributed by atoms with Crippen molar-refractivity contribution in [1.29, 1.82) is 0 Å². The molecule has 120 valence electrons. The SMILES string of the molecule is CCOC(=O)CN1CCN(c2ccc(Cl)c(Cl)c2)C(=O)C1C. The van der Waals surface area contributed by atoms with Crippen LogP contribution >= 0.6 is 23.2 Å². The predicted octanol–water partition coefficient (Wildman–Crippen LogP) is 2.59.